The predicted octanol–water partition coefficient (Wildman–Crippen LogP) is 3.22. The zero-order valence-corrected chi connectivity index (χ0v) is 17.7. The minimum absolute atomic E-state index is 0.0918. The number of sulfone groups is 1. The van der Waals surface area contributed by atoms with Gasteiger partial charge in [-0.1, -0.05) is 0 Å². The summed E-state index contributed by atoms with van der Waals surface area (Å²) in [5.74, 6) is 1.80. The summed E-state index contributed by atoms with van der Waals surface area (Å²) in [5, 5.41) is 2.73. The normalized spacial score (nSPS) is 17.5. The number of aryl methyl sites for hydroxylation is 1. The SMILES string of the molecule is COc1cc2nc(C3CCS(=O)(=O)CC3)n(C)c2cc1NC(=O)OC(C)(C)C. The number of methoxy groups -OCH3 is 1. The zero-order chi connectivity index (χ0) is 20.7. The largest absolute Gasteiger partial charge is 0.494 e. The molecule has 1 N–H and O–H groups in total. The highest BCUT2D eigenvalue weighted by molar-refractivity contribution is 7.91. The van der Waals surface area contributed by atoms with E-state index < -0.39 is 21.5 Å². The van der Waals surface area contributed by atoms with E-state index in [9.17, 15) is 13.2 Å². The zero-order valence-electron chi connectivity index (χ0n) is 16.9. The number of carbonyl (C=O) groups is 1. The van der Waals surface area contributed by atoms with Gasteiger partial charge in [0.25, 0.3) is 0 Å². The minimum atomic E-state index is -2.93. The number of nitrogens with one attached hydrogen (secondary N) is 1. The third-order valence-electron chi connectivity index (χ3n) is 4.79. The van der Waals surface area contributed by atoms with Crippen LogP contribution < -0.4 is 10.1 Å². The lowest BCUT2D eigenvalue weighted by Crippen LogP contribution is -2.27. The van der Waals surface area contributed by atoms with E-state index in [0.717, 1.165) is 16.9 Å². The van der Waals surface area contributed by atoms with E-state index in [4.69, 9.17) is 14.5 Å². The maximum absolute atomic E-state index is 12.2. The summed E-state index contributed by atoms with van der Waals surface area (Å²) < 4.78 is 36.1. The number of hydrogen-bond acceptors (Lipinski definition) is 6. The molecule has 1 amide bonds. The third kappa shape index (κ3) is 4.40. The number of nitrogens with zero attached hydrogens (tertiary/aromatic N) is 2. The molecule has 2 heterocycles. The van der Waals surface area contributed by atoms with Gasteiger partial charge in [0.1, 0.15) is 27.0 Å². The van der Waals surface area contributed by atoms with Crippen LogP contribution in [0.5, 0.6) is 5.75 Å². The number of carbonyl (C=O) groups excluding carboxylic acids is 1. The minimum Gasteiger partial charge on any atom is -0.494 e. The van der Waals surface area contributed by atoms with Gasteiger partial charge < -0.3 is 14.0 Å². The second-order valence-corrected chi connectivity index (χ2v) is 10.4. The van der Waals surface area contributed by atoms with Crippen LogP contribution in [-0.4, -0.2) is 48.3 Å². The van der Waals surface area contributed by atoms with E-state index in [1.54, 1.807) is 32.9 Å². The van der Waals surface area contributed by atoms with Crippen molar-refractivity contribution in [3.63, 3.8) is 0 Å². The summed E-state index contributed by atoms with van der Waals surface area (Å²) in [7, 11) is 0.494. The molecule has 1 saturated heterocycles. The first-order valence-electron chi connectivity index (χ1n) is 9.24. The Morgan fingerprint density at radius 1 is 1.25 bits per heavy atom. The van der Waals surface area contributed by atoms with Crippen LogP contribution >= 0.6 is 0 Å². The van der Waals surface area contributed by atoms with Crippen LogP contribution in [0.1, 0.15) is 45.4 Å². The van der Waals surface area contributed by atoms with E-state index in [-0.39, 0.29) is 17.4 Å². The Morgan fingerprint density at radius 3 is 2.46 bits per heavy atom. The molecule has 2 aromatic rings. The Labute approximate surface area is 165 Å². The molecule has 1 aromatic carbocycles. The standard InChI is InChI=1S/C19H27N3O5S/c1-19(2,3)27-18(23)21-14-10-15-13(11-16(14)26-5)20-17(22(15)4)12-6-8-28(24,25)9-7-12/h10-12H,6-9H2,1-5H3,(H,21,23). The number of benzene rings is 1. The van der Waals surface area contributed by atoms with Crippen LogP contribution in [0.25, 0.3) is 11.0 Å². The lowest BCUT2D eigenvalue weighted by atomic mass is 10.0. The van der Waals surface area contributed by atoms with E-state index in [2.05, 4.69) is 5.32 Å². The van der Waals surface area contributed by atoms with Crippen LogP contribution in [0.15, 0.2) is 12.1 Å². The van der Waals surface area contributed by atoms with Crippen molar-refractivity contribution in [2.24, 2.45) is 7.05 Å². The monoisotopic (exact) mass is 409 g/mol. The second kappa shape index (κ2) is 7.27. The van der Waals surface area contributed by atoms with Crippen LogP contribution in [-0.2, 0) is 21.6 Å². The molecule has 0 spiro atoms. The molecule has 8 nitrogen and oxygen atoms in total. The maximum Gasteiger partial charge on any atom is 0.412 e. The summed E-state index contributed by atoms with van der Waals surface area (Å²) in [6.07, 6.45) is 0.573. The Hall–Kier alpha value is -2.29. The van der Waals surface area contributed by atoms with E-state index in [1.807, 2.05) is 11.6 Å². The topological polar surface area (TPSA) is 99.5 Å². The van der Waals surface area contributed by atoms with Crippen LogP contribution in [0.3, 0.4) is 0 Å². The molecular formula is C19H27N3O5S. The predicted molar refractivity (Wildman–Crippen MR) is 108 cm³/mol. The number of aromatic nitrogens is 2. The molecule has 1 fully saturated rings. The van der Waals surface area contributed by atoms with Gasteiger partial charge in [-0.05, 0) is 39.7 Å². The number of rotatable bonds is 3. The van der Waals surface area contributed by atoms with Gasteiger partial charge in [-0.3, -0.25) is 5.32 Å². The van der Waals surface area contributed by atoms with Gasteiger partial charge >= 0.3 is 6.09 Å². The number of amides is 1. The average molecular weight is 410 g/mol. The molecule has 0 atom stereocenters. The molecule has 1 aromatic heterocycles. The number of ether oxygens (including phenoxy) is 2. The number of fused-ring (bicyclic) bond motifs is 1. The van der Waals surface area contributed by atoms with Crippen molar-refractivity contribution in [3.8, 4) is 5.75 Å². The number of hydrogen-bond donors (Lipinski definition) is 1. The average Bonchev–Trinajstić information content (AvgIpc) is 2.88. The lowest BCUT2D eigenvalue weighted by Gasteiger charge is -2.21. The van der Waals surface area contributed by atoms with Crippen molar-refractivity contribution in [2.45, 2.75) is 45.1 Å². The van der Waals surface area contributed by atoms with Gasteiger partial charge in [-0.2, -0.15) is 0 Å². The first-order chi connectivity index (χ1) is 13.0. The molecule has 0 saturated carbocycles. The molecule has 9 heteroatoms. The molecule has 0 bridgehead atoms. The highest BCUT2D eigenvalue weighted by Crippen LogP contribution is 2.35. The third-order valence-corrected chi connectivity index (χ3v) is 6.51. The van der Waals surface area contributed by atoms with E-state index in [1.165, 1.54) is 7.11 Å². The molecule has 1 aliphatic rings. The highest BCUT2D eigenvalue weighted by atomic mass is 32.2. The van der Waals surface area contributed by atoms with Gasteiger partial charge in [0.2, 0.25) is 0 Å². The molecule has 0 aliphatic carbocycles. The van der Waals surface area contributed by atoms with Crippen molar-refractivity contribution >= 4 is 32.7 Å². The fourth-order valence-corrected chi connectivity index (χ4v) is 4.92. The fourth-order valence-electron chi connectivity index (χ4n) is 3.43. The number of anilines is 1. The summed E-state index contributed by atoms with van der Waals surface area (Å²) >= 11 is 0. The van der Waals surface area contributed by atoms with Crippen molar-refractivity contribution in [2.75, 3.05) is 23.9 Å². The maximum atomic E-state index is 12.2. The Kier molecular flexibility index (Phi) is 5.31. The fraction of sp³-hybridized carbons (Fsp3) is 0.579. The van der Waals surface area contributed by atoms with Crippen molar-refractivity contribution in [1.29, 1.82) is 0 Å². The molecule has 0 unspecified atom stereocenters. The van der Waals surface area contributed by atoms with Crippen LogP contribution in [0.4, 0.5) is 10.5 Å². The number of imidazole rings is 1. The van der Waals surface area contributed by atoms with Crippen molar-refractivity contribution in [1.82, 2.24) is 9.55 Å². The molecule has 1 aliphatic heterocycles. The Balaban J connectivity index is 1.93. The summed E-state index contributed by atoms with van der Waals surface area (Å²) in [4.78, 5) is 16.9. The summed E-state index contributed by atoms with van der Waals surface area (Å²) in [6, 6.07) is 3.57. The Bertz CT molecular complexity index is 991. The van der Waals surface area contributed by atoms with Gasteiger partial charge in [0.15, 0.2) is 0 Å². The highest BCUT2D eigenvalue weighted by Gasteiger charge is 2.28. The lowest BCUT2D eigenvalue weighted by molar-refractivity contribution is 0.0635. The smallest absolute Gasteiger partial charge is 0.412 e. The van der Waals surface area contributed by atoms with E-state index in [0.29, 0.717) is 24.3 Å². The summed E-state index contributed by atoms with van der Waals surface area (Å²) in [5.41, 5.74) is 1.44. The molecule has 154 valence electrons. The van der Waals surface area contributed by atoms with Gasteiger partial charge in [0, 0.05) is 19.0 Å². The molecule has 0 radical (unpaired) electrons. The van der Waals surface area contributed by atoms with Crippen LogP contribution in [0.2, 0.25) is 0 Å². The van der Waals surface area contributed by atoms with Crippen molar-refractivity contribution < 1.29 is 22.7 Å². The quantitative estimate of drug-likeness (QED) is 0.836. The second-order valence-electron chi connectivity index (χ2n) is 8.12. The van der Waals surface area contributed by atoms with Crippen molar-refractivity contribution in [3.05, 3.63) is 18.0 Å². The molecule has 3 rings (SSSR count). The first-order valence-corrected chi connectivity index (χ1v) is 11.1. The van der Waals surface area contributed by atoms with Gasteiger partial charge in [-0.15, -0.1) is 0 Å². The van der Waals surface area contributed by atoms with E-state index >= 15 is 0 Å². The van der Waals surface area contributed by atoms with Gasteiger partial charge in [0.05, 0.1) is 35.3 Å². The summed E-state index contributed by atoms with van der Waals surface area (Å²) in [6.45, 7) is 5.39. The van der Waals surface area contributed by atoms with Gasteiger partial charge in [-0.25, -0.2) is 18.2 Å². The van der Waals surface area contributed by atoms with Crippen LogP contribution in [0, 0.1) is 0 Å². The molecule has 28 heavy (non-hydrogen) atoms. The molecular weight excluding hydrogens is 382 g/mol. The first kappa shape index (κ1) is 20.4. The Morgan fingerprint density at radius 2 is 1.89 bits per heavy atom.